The van der Waals surface area contributed by atoms with Crippen LogP contribution in [0.15, 0.2) is 72.3 Å². The van der Waals surface area contributed by atoms with Crippen molar-refractivity contribution in [3.05, 3.63) is 89.0 Å². The van der Waals surface area contributed by atoms with Gasteiger partial charge in [-0.1, -0.05) is 61.9 Å². The molecule has 10 nitrogen and oxygen atoms in total. The van der Waals surface area contributed by atoms with Crippen LogP contribution >= 0.6 is 7.82 Å². The zero-order valence-electron chi connectivity index (χ0n) is 26.8. The SMILES string of the molecule is CNc1cccc(Cc2ccc([C@@H]3O[C@@H]4C[C@H]5[C@@H]6CCC7=CC(=O)C=C[C@]7(C)[C@H]6[C@@H](O)C[C@]5(C)[C@]4(C(=O)COP(=O)(O)O)O3)cc2)c1. The molecule has 4 fully saturated rings. The molecule has 1 heterocycles. The van der Waals surface area contributed by atoms with Crippen molar-refractivity contribution >= 4 is 25.1 Å². The van der Waals surface area contributed by atoms with E-state index in [0.717, 1.165) is 40.8 Å². The van der Waals surface area contributed by atoms with Gasteiger partial charge >= 0.3 is 7.82 Å². The summed E-state index contributed by atoms with van der Waals surface area (Å²) < 4.78 is 29.8. The van der Waals surface area contributed by atoms with E-state index in [2.05, 4.69) is 24.4 Å². The number of hydrogen-bond acceptors (Lipinski definition) is 8. The Kier molecular flexibility index (Phi) is 8.03. The molecule has 3 saturated carbocycles. The molecule has 0 radical (unpaired) electrons. The number of benzene rings is 2. The fourth-order valence-corrected chi connectivity index (χ4v) is 10.1. The van der Waals surface area contributed by atoms with Crippen LogP contribution in [0.3, 0.4) is 0 Å². The molecule has 47 heavy (non-hydrogen) atoms. The van der Waals surface area contributed by atoms with Crippen molar-refractivity contribution in [1.82, 2.24) is 0 Å². The molecule has 9 atom stereocenters. The lowest BCUT2D eigenvalue weighted by Crippen LogP contribution is -2.63. The standard InChI is InChI=1S/C36H42NO9P/c1-34-14-13-26(38)17-24(34)11-12-27-28-18-31-36(30(40)20-44-47(41,42)43,35(28,2)19-29(39)32(27)34)46-33(45-31)23-9-7-21(8-10-23)15-22-5-4-6-25(16-22)37-3/h4-10,13-14,16-17,27-29,31-33,37,39H,11-12,15,18-20H2,1-3H3,(H2,41,42,43)/t27-,28-,29-,31+,32+,33+,34-,35-,36+/m0/s1. The van der Waals surface area contributed by atoms with Gasteiger partial charge in [-0.15, -0.1) is 0 Å². The number of carbonyl (C=O) groups is 2. The summed E-state index contributed by atoms with van der Waals surface area (Å²) >= 11 is 0. The van der Waals surface area contributed by atoms with E-state index >= 15 is 0 Å². The molecule has 0 amide bonds. The maximum Gasteiger partial charge on any atom is 0.470 e. The van der Waals surface area contributed by atoms with Gasteiger partial charge in [0.2, 0.25) is 0 Å². The predicted octanol–water partition coefficient (Wildman–Crippen LogP) is 5.04. The second kappa shape index (κ2) is 11.6. The monoisotopic (exact) mass is 663 g/mol. The first-order valence-electron chi connectivity index (χ1n) is 16.3. The molecule has 2 aromatic carbocycles. The molecule has 4 N–H and O–H groups in total. The molecule has 0 bridgehead atoms. The van der Waals surface area contributed by atoms with E-state index < -0.39 is 55.1 Å². The van der Waals surface area contributed by atoms with Gasteiger partial charge in [-0.25, -0.2) is 4.57 Å². The smallest absolute Gasteiger partial charge is 0.393 e. The van der Waals surface area contributed by atoms with Gasteiger partial charge in [-0.3, -0.25) is 14.1 Å². The summed E-state index contributed by atoms with van der Waals surface area (Å²) in [6, 6.07) is 16.0. The molecule has 7 rings (SSSR count). The Morgan fingerprint density at radius 3 is 2.62 bits per heavy atom. The highest BCUT2D eigenvalue weighted by Crippen LogP contribution is 2.70. The van der Waals surface area contributed by atoms with Crippen molar-refractivity contribution in [3.8, 4) is 0 Å². The number of fused-ring (bicyclic) bond motifs is 7. The Balaban J connectivity index is 1.19. The van der Waals surface area contributed by atoms with Crippen LogP contribution in [0.25, 0.3) is 0 Å². The van der Waals surface area contributed by atoms with Gasteiger partial charge in [0.15, 0.2) is 23.5 Å². The Hall–Kier alpha value is -2.95. The van der Waals surface area contributed by atoms with E-state index in [1.54, 1.807) is 12.2 Å². The minimum Gasteiger partial charge on any atom is -0.393 e. The van der Waals surface area contributed by atoms with Gasteiger partial charge < -0.3 is 29.7 Å². The number of ketones is 2. The quantitative estimate of drug-likeness (QED) is 0.283. The Morgan fingerprint density at radius 2 is 1.89 bits per heavy atom. The molecular formula is C36H42NO9P. The molecule has 5 aliphatic rings. The maximum absolute atomic E-state index is 14.2. The number of allylic oxidation sites excluding steroid dienone is 4. The minimum atomic E-state index is -4.95. The third kappa shape index (κ3) is 5.29. The summed E-state index contributed by atoms with van der Waals surface area (Å²) in [5.74, 6) is -0.885. The van der Waals surface area contributed by atoms with Crippen LogP contribution in [0.5, 0.6) is 0 Å². The Bertz CT molecular complexity index is 1700. The van der Waals surface area contributed by atoms with Crippen molar-refractivity contribution < 1.29 is 43.0 Å². The fourth-order valence-electron chi connectivity index (χ4n) is 9.83. The van der Waals surface area contributed by atoms with E-state index in [4.69, 9.17) is 14.0 Å². The summed E-state index contributed by atoms with van der Waals surface area (Å²) in [5.41, 5.74) is 2.04. The van der Waals surface area contributed by atoms with Crippen molar-refractivity contribution in [2.45, 2.75) is 70.1 Å². The first kappa shape index (κ1) is 32.6. The summed E-state index contributed by atoms with van der Waals surface area (Å²) in [6.45, 7) is 3.19. The van der Waals surface area contributed by atoms with Crippen molar-refractivity contribution in [2.75, 3.05) is 19.0 Å². The van der Waals surface area contributed by atoms with Gasteiger partial charge in [-0.05, 0) is 79.4 Å². The molecule has 1 aliphatic heterocycles. The molecule has 0 spiro atoms. The number of aliphatic hydroxyl groups is 1. The minimum absolute atomic E-state index is 0.00747. The molecule has 2 aromatic rings. The lowest BCUT2D eigenvalue weighted by Gasteiger charge is -2.59. The molecule has 4 aliphatic carbocycles. The summed E-state index contributed by atoms with van der Waals surface area (Å²) in [4.78, 5) is 45.4. The van der Waals surface area contributed by atoms with Crippen LogP contribution < -0.4 is 5.32 Å². The van der Waals surface area contributed by atoms with E-state index in [9.17, 15) is 29.0 Å². The highest BCUT2D eigenvalue weighted by Gasteiger charge is 2.76. The summed E-state index contributed by atoms with van der Waals surface area (Å²) in [7, 11) is -3.06. The van der Waals surface area contributed by atoms with Crippen molar-refractivity contribution in [1.29, 1.82) is 0 Å². The number of aliphatic hydroxyl groups excluding tert-OH is 1. The van der Waals surface area contributed by atoms with E-state index in [-0.39, 0.29) is 30.0 Å². The second-order valence-electron chi connectivity index (χ2n) is 14.3. The number of phosphoric acid groups is 1. The first-order valence-corrected chi connectivity index (χ1v) is 17.8. The summed E-state index contributed by atoms with van der Waals surface area (Å²) in [5, 5.41) is 15.1. The Labute approximate surface area is 274 Å². The van der Waals surface area contributed by atoms with E-state index in [1.165, 1.54) is 0 Å². The third-order valence-electron chi connectivity index (χ3n) is 11.9. The van der Waals surface area contributed by atoms with E-state index in [0.29, 0.717) is 12.8 Å². The van der Waals surface area contributed by atoms with Gasteiger partial charge in [0.25, 0.3) is 0 Å². The number of phosphoric ester groups is 1. The third-order valence-corrected chi connectivity index (χ3v) is 12.4. The van der Waals surface area contributed by atoms with Crippen molar-refractivity contribution in [2.24, 2.45) is 28.6 Å². The first-order chi connectivity index (χ1) is 22.3. The number of anilines is 1. The van der Waals surface area contributed by atoms with Crippen LogP contribution in [0.2, 0.25) is 0 Å². The van der Waals surface area contributed by atoms with Crippen molar-refractivity contribution in [3.63, 3.8) is 0 Å². The van der Waals surface area contributed by atoms with Crippen LogP contribution in [-0.2, 0) is 34.6 Å². The normalized spacial score (nSPS) is 37.4. The fraction of sp³-hybridized carbons (Fsp3) is 0.500. The zero-order chi connectivity index (χ0) is 33.4. The number of Topliss-reactive ketones (excluding diaryl/α,β-unsaturated/α-hetero) is 1. The lowest BCUT2D eigenvalue weighted by molar-refractivity contribution is -0.200. The Morgan fingerprint density at radius 1 is 1.13 bits per heavy atom. The number of rotatable bonds is 8. The molecule has 0 aromatic heterocycles. The van der Waals surface area contributed by atoms with Gasteiger partial charge in [0, 0.05) is 35.0 Å². The molecule has 0 unspecified atom stereocenters. The zero-order valence-corrected chi connectivity index (χ0v) is 27.7. The maximum atomic E-state index is 14.2. The molecule has 250 valence electrons. The topological polar surface area (TPSA) is 152 Å². The van der Waals surface area contributed by atoms with E-state index in [1.807, 2.05) is 56.4 Å². The number of nitrogens with one attached hydrogen (secondary N) is 1. The number of hydrogen-bond donors (Lipinski definition) is 4. The molecular weight excluding hydrogens is 621 g/mol. The predicted molar refractivity (Wildman–Crippen MR) is 173 cm³/mol. The van der Waals surface area contributed by atoms with Crippen LogP contribution in [0.4, 0.5) is 5.69 Å². The molecule has 1 saturated heterocycles. The molecule has 11 heteroatoms. The van der Waals surface area contributed by atoms with Gasteiger partial charge in [-0.2, -0.15) is 0 Å². The van der Waals surface area contributed by atoms with Crippen LogP contribution in [0, 0.1) is 28.6 Å². The highest BCUT2D eigenvalue weighted by atomic mass is 31.2. The van der Waals surface area contributed by atoms with Gasteiger partial charge in [0.05, 0.1) is 12.2 Å². The summed E-state index contributed by atoms with van der Waals surface area (Å²) in [6.07, 6.45) is 5.68. The highest BCUT2D eigenvalue weighted by molar-refractivity contribution is 7.46. The average Bonchev–Trinajstić information content (AvgIpc) is 3.53. The average molecular weight is 664 g/mol. The largest absolute Gasteiger partial charge is 0.470 e. The lowest BCUT2D eigenvalue weighted by atomic mass is 9.46. The van der Waals surface area contributed by atoms with Crippen LogP contribution in [0.1, 0.15) is 62.5 Å². The number of ether oxygens (including phenoxy) is 2. The van der Waals surface area contributed by atoms with Crippen LogP contribution in [-0.4, -0.2) is 57.9 Å². The second-order valence-corrected chi connectivity index (χ2v) is 15.6. The van der Waals surface area contributed by atoms with Gasteiger partial charge in [0.1, 0.15) is 6.61 Å². The number of carbonyl (C=O) groups excluding carboxylic acids is 2.